The first kappa shape index (κ1) is 20.1. The minimum atomic E-state index is -0.109. The molecule has 0 spiro atoms. The van der Waals surface area contributed by atoms with Gasteiger partial charge in [-0.1, -0.05) is 51.8 Å². The first-order valence-corrected chi connectivity index (χ1v) is 9.59. The van der Waals surface area contributed by atoms with Crippen LogP contribution < -0.4 is 0 Å². The topological polar surface area (TPSA) is 0 Å². The molecule has 2 aliphatic rings. The fraction of sp³-hybridized carbons (Fsp3) is 0.800. The fourth-order valence-corrected chi connectivity index (χ4v) is 4.59. The van der Waals surface area contributed by atoms with E-state index in [-0.39, 0.29) is 4.87 Å². The van der Waals surface area contributed by atoms with E-state index in [4.69, 9.17) is 23.2 Å². The summed E-state index contributed by atoms with van der Waals surface area (Å²) in [5, 5.41) is 0. The summed E-state index contributed by atoms with van der Waals surface area (Å²) in [6.45, 7) is 13.0. The van der Waals surface area contributed by atoms with Crippen molar-refractivity contribution in [1.29, 1.82) is 0 Å². The summed E-state index contributed by atoms with van der Waals surface area (Å²) < 4.78 is 0. The smallest absolute Gasteiger partial charge is 0.0628 e. The first-order chi connectivity index (χ1) is 10.1. The van der Waals surface area contributed by atoms with Gasteiger partial charge in [0.1, 0.15) is 0 Å². The fourth-order valence-electron chi connectivity index (χ4n) is 3.88. The lowest BCUT2D eigenvalue weighted by atomic mass is 9.72. The molecule has 2 fully saturated rings. The molecule has 0 aromatic heterocycles. The molecule has 1 atom stereocenters. The zero-order valence-electron chi connectivity index (χ0n) is 15.0. The Balaban J connectivity index is 0.000000220. The van der Waals surface area contributed by atoms with E-state index in [0.29, 0.717) is 16.7 Å². The Kier molecular flexibility index (Phi) is 7.53. The summed E-state index contributed by atoms with van der Waals surface area (Å²) in [6, 6.07) is 0. The Hall–Kier alpha value is 0.0600. The van der Waals surface area contributed by atoms with Crippen molar-refractivity contribution >= 4 is 23.2 Å². The number of allylic oxidation sites excluding steroid dienone is 3. The molecule has 0 amide bonds. The van der Waals surface area contributed by atoms with E-state index in [0.717, 1.165) is 12.8 Å². The summed E-state index contributed by atoms with van der Waals surface area (Å²) in [5.41, 5.74) is 2.50. The predicted octanol–water partition coefficient (Wildman–Crippen LogP) is 7.50. The van der Waals surface area contributed by atoms with Gasteiger partial charge in [-0.3, -0.25) is 0 Å². The maximum Gasteiger partial charge on any atom is 0.0628 e. The molecule has 0 radical (unpaired) electrons. The monoisotopic (exact) mass is 344 g/mol. The Bertz CT molecular complexity index is 393. The second-order valence-corrected chi connectivity index (χ2v) is 9.71. The number of hydrogen-bond donors (Lipinski definition) is 0. The summed E-state index contributed by atoms with van der Waals surface area (Å²) in [7, 11) is 0. The highest BCUT2D eigenvalue weighted by Crippen LogP contribution is 2.44. The molecule has 0 N–H and O–H groups in total. The summed E-state index contributed by atoms with van der Waals surface area (Å²) >= 11 is 12.0. The van der Waals surface area contributed by atoms with Gasteiger partial charge in [0.2, 0.25) is 0 Å². The van der Waals surface area contributed by atoms with Crippen molar-refractivity contribution in [3.8, 4) is 0 Å². The molecule has 0 saturated heterocycles. The van der Waals surface area contributed by atoms with Gasteiger partial charge < -0.3 is 0 Å². The molecular formula is C20H34Cl2. The zero-order valence-corrected chi connectivity index (χ0v) is 16.5. The minimum Gasteiger partial charge on any atom is -0.122 e. The maximum absolute atomic E-state index is 6.33. The lowest BCUT2D eigenvalue weighted by Gasteiger charge is -2.39. The molecule has 0 aromatic rings. The van der Waals surface area contributed by atoms with E-state index < -0.39 is 0 Å². The van der Waals surface area contributed by atoms with Gasteiger partial charge in [-0.15, -0.1) is 29.8 Å². The Morgan fingerprint density at radius 2 is 1.68 bits per heavy atom. The van der Waals surface area contributed by atoms with E-state index in [1.54, 1.807) is 5.57 Å². The summed E-state index contributed by atoms with van der Waals surface area (Å²) in [4.78, 5) is -0.109. The molecule has 0 bridgehead atoms. The Labute approximate surface area is 148 Å². The average molecular weight is 345 g/mol. The highest BCUT2D eigenvalue weighted by Gasteiger charge is 2.35. The normalized spacial score (nSPS) is 32.0. The van der Waals surface area contributed by atoms with Gasteiger partial charge in [0.15, 0.2) is 0 Å². The van der Waals surface area contributed by atoms with Gasteiger partial charge >= 0.3 is 0 Å². The van der Waals surface area contributed by atoms with Gasteiger partial charge in [0, 0.05) is 5.88 Å². The minimum absolute atomic E-state index is 0.109. The van der Waals surface area contributed by atoms with Crippen LogP contribution in [0.2, 0.25) is 0 Å². The van der Waals surface area contributed by atoms with Crippen LogP contribution in [0.5, 0.6) is 0 Å². The molecule has 128 valence electrons. The van der Waals surface area contributed by atoms with Crippen molar-refractivity contribution in [2.24, 2.45) is 10.8 Å². The number of hydrogen-bond acceptors (Lipinski definition) is 0. The standard InChI is InChI=1S/2C10H17Cl/c1-10(2)6-3-4-9(8-10)5-7-11;1-4-10(11)7-5-6-9(2,3)8-10/h5H,3-4,6-8H2,1-2H3;4H,1,5-8H2,2-3H3/b9-5-;. The lowest BCUT2D eigenvalue weighted by molar-refractivity contribution is 0.220. The van der Waals surface area contributed by atoms with Crippen LogP contribution in [-0.4, -0.2) is 10.8 Å². The number of alkyl halides is 2. The van der Waals surface area contributed by atoms with Crippen LogP contribution >= 0.6 is 23.2 Å². The predicted molar refractivity (Wildman–Crippen MR) is 102 cm³/mol. The van der Waals surface area contributed by atoms with E-state index in [1.807, 2.05) is 6.08 Å². The zero-order chi connectivity index (χ0) is 16.9. The van der Waals surface area contributed by atoms with Crippen molar-refractivity contribution < 1.29 is 0 Å². The Morgan fingerprint density at radius 1 is 1.05 bits per heavy atom. The van der Waals surface area contributed by atoms with Gasteiger partial charge in [0.25, 0.3) is 0 Å². The quantitative estimate of drug-likeness (QED) is 0.359. The van der Waals surface area contributed by atoms with Crippen molar-refractivity contribution in [3.05, 3.63) is 24.3 Å². The van der Waals surface area contributed by atoms with Crippen LogP contribution in [-0.2, 0) is 0 Å². The van der Waals surface area contributed by atoms with Crippen molar-refractivity contribution in [2.45, 2.75) is 83.9 Å². The number of rotatable bonds is 2. The molecule has 22 heavy (non-hydrogen) atoms. The highest BCUT2D eigenvalue weighted by atomic mass is 35.5. The largest absolute Gasteiger partial charge is 0.122 e. The van der Waals surface area contributed by atoms with Gasteiger partial charge in [-0.05, 0) is 55.8 Å². The van der Waals surface area contributed by atoms with Crippen LogP contribution in [0, 0.1) is 10.8 Å². The Morgan fingerprint density at radius 3 is 2.14 bits per heavy atom. The third-order valence-electron chi connectivity index (χ3n) is 5.01. The SMILES string of the molecule is C=CC1(Cl)CCCC(C)(C)C1.CC1(C)CCC/C(=C/CCl)C1. The molecule has 0 aliphatic heterocycles. The molecule has 2 heteroatoms. The van der Waals surface area contributed by atoms with Crippen LogP contribution in [0.3, 0.4) is 0 Å². The molecule has 2 aliphatic carbocycles. The molecule has 0 heterocycles. The van der Waals surface area contributed by atoms with E-state index in [2.05, 4.69) is 40.3 Å². The van der Waals surface area contributed by atoms with Gasteiger partial charge in [0.05, 0.1) is 4.87 Å². The molecular weight excluding hydrogens is 311 g/mol. The third-order valence-corrected chi connectivity index (χ3v) is 5.64. The summed E-state index contributed by atoms with van der Waals surface area (Å²) in [5.74, 6) is 0.686. The van der Waals surface area contributed by atoms with Crippen LogP contribution in [0.25, 0.3) is 0 Å². The van der Waals surface area contributed by atoms with Crippen molar-refractivity contribution in [2.75, 3.05) is 5.88 Å². The lowest BCUT2D eigenvalue weighted by Crippen LogP contribution is -2.32. The van der Waals surface area contributed by atoms with Crippen molar-refractivity contribution in [1.82, 2.24) is 0 Å². The van der Waals surface area contributed by atoms with E-state index in [1.165, 1.54) is 38.5 Å². The van der Waals surface area contributed by atoms with Gasteiger partial charge in [-0.25, -0.2) is 0 Å². The van der Waals surface area contributed by atoms with E-state index in [9.17, 15) is 0 Å². The highest BCUT2D eigenvalue weighted by molar-refractivity contribution is 6.25. The molecule has 1 unspecified atom stereocenters. The van der Waals surface area contributed by atoms with Gasteiger partial charge in [-0.2, -0.15) is 0 Å². The molecule has 2 saturated carbocycles. The molecule has 0 aromatic carbocycles. The van der Waals surface area contributed by atoms with Crippen molar-refractivity contribution in [3.63, 3.8) is 0 Å². The number of halogens is 2. The second-order valence-electron chi connectivity index (χ2n) is 8.64. The first-order valence-electron chi connectivity index (χ1n) is 8.68. The summed E-state index contributed by atoms with van der Waals surface area (Å²) in [6.07, 6.45) is 14.0. The molecule has 0 nitrogen and oxygen atoms in total. The third kappa shape index (κ3) is 7.09. The second kappa shape index (κ2) is 8.25. The maximum atomic E-state index is 6.33. The van der Waals surface area contributed by atoms with E-state index >= 15 is 0 Å². The molecule has 2 rings (SSSR count). The average Bonchev–Trinajstić information content (AvgIpc) is 2.37. The van der Waals surface area contributed by atoms with Crippen LogP contribution in [0.15, 0.2) is 24.3 Å². The van der Waals surface area contributed by atoms with Crippen LogP contribution in [0.4, 0.5) is 0 Å². The van der Waals surface area contributed by atoms with Crippen LogP contribution in [0.1, 0.15) is 79.1 Å².